The van der Waals surface area contributed by atoms with Crippen molar-refractivity contribution in [2.24, 2.45) is 0 Å². The molecule has 6 nitrogen and oxygen atoms in total. The van der Waals surface area contributed by atoms with Crippen LogP contribution in [-0.4, -0.2) is 29.2 Å². The fourth-order valence-electron chi connectivity index (χ4n) is 2.25. The second-order valence-corrected chi connectivity index (χ2v) is 5.18. The van der Waals surface area contributed by atoms with E-state index in [0.717, 1.165) is 6.20 Å². The van der Waals surface area contributed by atoms with Crippen LogP contribution in [0.5, 0.6) is 11.5 Å². The van der Waals surface area contributed by atoms with Crippen molar-refractivity contribution in [3.63, 3.8) is 0 Å². The van der Waals surface area contributed by atoms with Gasteiger partial charge in [0, 0.05) is 11.6 Å². The van der Waals surface area contributed by atoms with Crippen molar-refractivity contribution in [2.45, 2.75) is 0 Å². The van der Waals surface area contributed by atoms with E-state index in [9.17, 15) is 17.6 Å². The number of rotatable bonds is 5. The maximum atomic E-state index is 14.2. The third kappa shape index (κ3) is 3.73. The molecular formula is C17H12F4N4O2. The van der Waals surface area contributed by atoms with Gasteiger partial charge in [-0.25, -0.2) is 23.1 Å². The lowest BCUT2D eigenvalue weighted by Crippen LogP contribution is -2.05. The van der Waals surface area contributed by atoms with Gasteiger partial charge in [0.05, 0.1) is 20.4 Å². The highest BCUT2D eigenvalue weighted by molar-refractivity contribution is 5.66. The second-order valence-electron chi connectivity index (χ2n) is 5.18. The Morgan fingerprint density at radius 1 is 0.852 bits per heavy atom. The summed E-state index contributed by atoms with van der Waals surface area (Å²) in [5.74, 6) is -4.98. The third-order valence-electron chi connectivity index (χ3n) is 3.52. The molecule has 2 heterocycles. The highest BCUT2D eigenvalue weighted by atomic mass is 19.2. The average molecular weight is 380 g/mol. The molecule has 0 unspecified atom stereocenters. The molecule has 0 bridgehead atoms. The van der Waals surface area contributed by atoms with Gasteiger partial charge < -0.3 is 14.8 Å². The summed E-state index contributed by atoms with van der Waals surface area (Å²) in [6.07, 6.45) is 0.846. The molecular weight excluding hydrogens is 368 g/mol. The molecule has 0 aliphatic carbocycles. The summed E-state index contributed by atoms with van der Waals surface area (Å²) in [5, 5.41) is 2.29. The van der Waals surface area contributed by atoms with Crippen LogP contribution in [0.3, 0.4) is 0 Å². The zero-order chi connectivity index (χ0) is 19.6. The summed E-state index contributed by atoms with van der Waals surface area (Å²) in [6.45, 7) is 0. The molecule has 0 fully saturated rings. The molecule has 0 saturated heterocycles. The van der Waals surface area contributed by atoms with E-state index in [0.29, 0.717) is 23.1 Å². The Bertz CT molecular complexity index is 1000. The van der Waals surface area contributed by atoms with Crippen molar-refractivity contribution in [1.82, 2.24) is 15.0 Å². The van der Waals surface area contributed by atoms with E-state index in [1.807, 2.05) is 0 Å². The monoisotopic (exact) mass is 380 g/mol. The van der Waals surface area contributed by atoms with Gasteiger partial charge in [-0.05, 0) is 18.2 Å². The molecule has 0 aliphatic heterocycles. The van der Waals surface area contributed by atoms with Crippen LogP contribution in [0.4, 0.5) is 29.3 Å². The van der Waals surface area contributed by atoms with E-state index in [-0.39, 0.29) is 11.6 Å². The standard InChI is InChI=1S/C17H12F4N4O2/c1-26-12-4-3-8(5-13(12)27-2)14-11(20)7-22-17(23-14)25-16-10(19)6-9(18)15(21)24-16/h3-7H,1-2H3,(H,22,23,24,25). The lowest BCUT2D eigenvalue weighted by atomic mass is 10.1. The summed E-state index contributed by atoms with van der Waals surface area (Å²) in [5.41, 5.74) is 0.200. The van der Waals surface area contributed by atoms with Gasteiger partial charge in [-0.3, -0.25) is 0 Å². The molecule has 0 spiro atoms. The summed E-state index contributed by atoms with van der Waals surface area (Å²) in [4.78, 5) is 10.7. The molecule has 0 radical (unpaired) electrons. The van der Waals surface area contributed by atoms with E-state index in [1.165, 1.54) is 26.4 Å². The van der Waals surface area contributed by atoms with Crippen LogP contribution in [-0.2, 0) is 0 Å². The van der Waals surface area contributed by atoms with Gasteiger partial charge in [0.25, 0.3) is 5.95 Å². The number of nitrogens with one attached hydrogen (secondary N) is 1. The summed E-state index contributed by atoms with van der Waals surface area (Å²) in [6, 6.07) is 4.90. The lowest BCUT2D eigenvalue weighted by Gasteiger charge is -2.11. The molecule has 1 N–H and O–H groups in total. The molecule has 10 heteroatoms. The number of methoxy groups -OCH3 is 2. The first kappa shape index (κ1) is 18.4. The summed E-state index contributed by atoms with van der Waals surface area (Å²) < 4.78 is 64.3. The number of hydrogen-bond donors (Lipinski definition) is 1. The van der Waals surface area contributed by atoms with E-state index < -0.39 is 29.2 Å². The predicted octanol–water partition coefficient (Wildman–Crippen LogP) is 3.86. The largest absolute Gasteiger partial charge is 0.493 e. The number of anilines is 2. The van der Waals surface area contributed by atoms with E-state index in [2.05, 4.69) is 20.3 Å². The first-order chi connectivity index (χ1) is 12.9. The Morgan fingerprint density at radius 3 is 2.30 bits per heavy atom. The van der Waals surface area contributed by atoms with Crippen molar-refractivity contribution in [3.05, 3.63) is 53.9 Å². The lowest BCUT2D eigenvalue weighted by molar-refractivity contribution is 0.355. The molecule has 27 heavy (non-hydrogen) atoms. The number of halogens is 4. The minimum Gasteiger partial charge on any atom is -0.493 e. The molecule has 0 aliphatic rings. The number of benzene rings is 1. The van der Waals surface area contributed by atoms with E-state index in [1.54, 1.807) is 6.07 Å². The van der Waals surface area contributed by atoms with Crippen LogP contribution in [0, 0.1) is 23.4 Å². The minimum atomic E-state index is -1.50. The number of pyridine rings is 1. The molecule has 1 aromatic carbocycles. The average Bonchev–Trinajstić information content (AvgIpc) is 2.67. The second kappa shape index (κ2) is 7.44. The Labute approximate surface area is 150 Å². The maximum absolute atomic E-state index is 14.2. The highest BCUT2D eigenvalue weighted by Gasteiger charge is 2.16. The summed E-state index contributed by atoms with van der Waals surface area (Å²) in [7, 11) is 2.87. The molecule has 0 amide bonds. The number of ether oxygens (including phenoxy) is 2. The number of aromatic nitrogens is 3. The molecule has 0 atom stereocenters. The third-order valence-corrected chi connectivity index (χ3v) is 3.52. The highest BCUT2D eigenvalue weighted by Crippen LogP contribution is 2.32. The van der Waals surface area contributed by atoms with Gasteiger partial charge in [-0.1, -0.05) is 0 Å². The molecule has 0 saturated carbocycles. The van der Waals surface area contributed by atoms with Crippen LogP contribution in [0.25, 0.3) is 11.3 Å². The van der Waals surface area contributed by atoms with Crippen molar-refractivity contribution in [3.8, 4) is 22.8 Å². The molecule has 3 rings (SSSR count). The van der Waals surface area contributed by atoms with Crippen molar-refractivity contribution in [2.75, 3.05) is 19.5 Å². The number of hydrogen-bond acceptors (Lipinski definition) is 6. The molecule has 140 valence electrons. The van der Waals surface area contributed by atoms with Gasteiger partial charge in [0.2, 0.25) is 5.95 Å². The zero-order valence-electron chi connectivity index (χ0n) is 14.1. The quantitative estimate of drug-likeness (QED) is 0.536. The van der Waals surface area contributed by atoms with Gasteiger partial charge >= 0.3 is 0 Å². The van der Waals surface area contributed by atoms with Gasteiger partial charge in [0.15, 0.2) is 34.8 Å². The maximum Gasteiger partial charge on any atom is 0.251 e. The van der Waals surface area contributed by atoms with Crippen LogP contribution in [0.2, 0.25) is 0 Å². The smallest absolute Gasteiger partial charge is 0.251 e. The van der Waals surface area contributed by atoms with Crippen molar-refractivity contribution < 1.29 is 27.0 Å². The van der Waals surface area contributed by atoms with Gasteiger partial charge in [0.1, 0.15) is 5.69 Å². The number of nitrogens with zero attached hydrogens (tertiary/aromatic N) is 3. The van der Waals surface area contributed by atoms with Crippen LogP contribution < -0.4 is 14.8 Å². The zero-order valence-corrected chi connectivity index (χ0v) is 14.1. The van der Waals surface area contributed by atoms with Crippen LogP contribution in [0.15, 0.2) is 30.5 Å². The van der Waals surface area contributed by atoms with Gasteiger partial charge in [-0.2, -0.15) is 9.37 Å². The SMILES string of the molecule is COc1ccc(-c2nc(Nc3nc(F)c(F)cc3F)ncc2F)cc1OC. The predicted molar refractivity (Wildman–Crippen MR) is 87.9 cm³/mol. The first-order valence-electron chi connectivity index (χ1n) is 7.46. The van der Waals surface area contributed by atoms with Crippen LogP contribution in [0.1, 0.15) is 0 Å². The fraction of sp³-hybridized carbons (Fsp3) is 0.118. The fourth-order valence-corrected chi connectivity index (χ4v) is 2.25. The van der Waals surface area contributed by atoms with Crippen molar-refractivity contribution in [1.29, 1.82) is 0 Å². The summed E-state index contributed by atoms with van der Waals surface area (Å²) >= 11 is 0. The molecule has 3 aromatic rings. The Balaban J connectivity index is 1.99. The van der Waals surface area contributed by atoms with Crippen molar-refractivity contribution >= 4 is 11.8 Å². The van der Waals surface area contributed by atoms with Gasteiger partial charge in [-0.15, -0.1) is 0 Å². The normalized spacial score (nSPS) is 10.6. The Hall–Kier alpha value is -3.43. The van der Waals surface area contributed by atoms with E-state index >= 15 is 0 Å². The van der Waals surface area contributed by atoms with Crippen LogP contribution >= 0.6 is 0 Å². The Morgan fingerprint density at radius 2 is 1.59 bits per heavy atom. The topological polar surface area (TPSA) is 69.2 Å². The molecule has 2 aromatic heterocycles. The first-order valence-corrected chi connectivity index (χ1v) is 7.46. The Kier molecular flexibility index (Phi) is 5.06. The van der Waals surface area contributed by atoms with E-state index in [4.69, 9.17) is 9.47 Å². The minimum absolute atomic E-state index is 0.128.